The van der Waals surface area contributed by atoms with Gasteiger partial charge in [0.25, 0.3) is 0 Å². The minimum atomic E-state index is -3.20. The first-order valence-electron chi connectivity index (χ1n) is 9.20. The normalized spacial score (nSPS) is 23.2. The predicted molar refractivity (Wildman–Crippen MR) is 98.8 cm³/mol. The van der Waals surface area contributed by atoms with E-state index in [1.807, 2.05) is 0 Å². The second-order valence-electron chi connectivity index (χ2n) is 6.77. The highest BCUT2D eigenvalue weighted by molar-refractivity contribution is 7.89. The average Bonchev–Trinajstić information content (AvgIpc) is 2.96. The smallest absolute Gasteiger partial charge is 0.213 e. The number of likely N-dealkylation sites (tertiary alicyclic amines) is 1. The third-order valence-electron chi connectivity index (χ3n) is 5.11. The zero-order valence-corrected chi connectivity index (χ0v) is 15.9. The number of guanidine groups is 1. The summed E-state index contributed by atoms with van der Waals surface area (Å²) in [6, 6.07) is 0.543. The van der Waals surface area contributed by atoms with Crippen LogP contribution >= 0.6 is 0 Å². The fourth-order valence-electron chi connectivity index (χ4n) is 3.30. The Bertz CT molecular complexity index is 505. The lowest BCUT2D eigenvalue weighted by atomic mass is 9.86. The zero-order chi connectivity index (χ0) is 17.4. The number of aliphatic imine (C=N–C) groups is 1. The van der Waals surface area contributed by atoms with Crippen LogP contribution in [0.4, 0.5) is 0 Å². The number of rotatable bonds is 9. The van der Waals surface area contributed by atoms with Crippen molar-refractivity contribution in [3.05, 3.63) is 0 Å². The number of hydrogen-bond donors (Lipinski definition) is 3. The van der Waals surface area contributed by atoms with E-state index in [1.165, 1.54) is 25.8 Å². The SMILES string of the molecule is CCN1CCCC1CNC(=NC)NCCS(=O)(=O)NCC1CCC1. The van der Waals surface area contributed by atoms with E-state index in [-0.39, 0.29) is 5.75 Å². The zero-order valence-electron chi connectivity index (χ0n) is 15.1. The number of hydrogen-bond acceptors (Lipinski definition) is 4. The molecule has 0 amide bonds. The predicted octanol–water partition coefficient (Wildman–Crippen LogP) is 0.355. The van der Waals surface area contributed by atoms with Crippen LogP contribution in [-0.2, 0) is 10.0 Å². The van der Waals surface area contributed by atoms with Crippen molar-refractivity contribution >= 4 is 16.0 Å². The molecule has 2 fully saturated rings. The largest absolute Gasteiger partial charge is 0.355 e. The van der Waals surface area contributed by atoms with Crippen molar-refractivity contribution in [1.29, 1.82) is 0 Å². The second-order valence-corrected chi connectivity index (χ2v) is 8.70. The Morgan fingerprint density at radius 3 is 2.58 bits per heavy atom. The molecule has 7 nitrogen and oxygen atoms in total. The first-order chi connectivity index (χ1) is 11.5. The highest BCUT2D eigenvalue weighted by atomic mass is 32.2. The van der Waals surface area contributed by atoms with Crippen LogP contribution in [0.15, 0.2) is 4.99 Å². The van der Waals surface area contributed by atoms with Crippen molar-refractivity contribution < 1.29 is 8.42 Å². The maximum Gasteiger partial charge on any atom is 0.213 e. The highest BCUT2D eigenvalue weighted by Crippen LogP contribution is 2.25. The summed E-state index contributed by atoms with van der Waals surface area (Å²) in [6.45, 7) is 6.22. The van der Waals surface area contributed by atoms with Gasteiger partial charge in [-0.3, -0.25) is 9.89 Å². The number of nitrogens with one attached hydrogen (secondary N) is 3. The van der Waals surface area contributed by atoms with Crippen molar-refractivity contribution in [3.8, 4) is 0 Å². The van der Waals surface area contributed by atoms with Crippen LogP contribution in [0.1, 0.15) is 39.0 Å². The van der Waals surface area contributed by atoms with Crippen LogP contribution in [0.5, 0.6) is 0 Å². The van der Waals surface area contributed by atoms with Crippen LogP contribution in [0.3, 0.4) is 0 Å². The van der Waals surface area contributed by atoms with Gasteiger partial charge in [0, 0.05) is 32.7 Å². The van der Waals surface area contributed by atoms with Gasteiger partial charge < -0.3 is 10.6 Å². The lowest BCUT2D eigenvalue weighted by molar-refractivity contribution is 0.267. The summed E-state index contributed by atoms with van der Waals surface area (Å²) < 4.78 is 26.7. The molecule has 1 heterocycles. The van der Waals surface area contributed by atoms with Gasteiger partial charge in [-0.25, -0.2) is 13.1 Å². The Morgan fingerprint density at radius 2 is 1.96 bits per heavy atom. The average molecular weight is 360 g/mol. The molecule has 0 radical (unpaired) electrons. The van der Waals surface area contributed by atoms with Crippen molar-refractivity contribution in [1.82, 2.24) is 20.3 Å². The molecule has 0 spiro atoms. The Labute approximate surface area is 146 Å². The Morgan fingerprint density at radius 1 is 1.17 bits per heavy atom. The lowest BCUT2D eigenvalue weighted by Gasteiger charge is -2.25. The van der Waals surface area contributed by atoms with Crippen molar-refractivity contribution in [2.45, 2.75) is 45.1 Å². The topological polar surface area (TPSA) is 85.8 Å². The molecule has 1 unspecified atom stereocenters. The van der Waals surface area contributed by atoms with Crippen LogP contribution in [0.25, 0.3) is 0 Å². The molecule has 140 valence electrons. The maximum atomic E-state index is 12.0. The van der Waals surface area contributed by atoms with E-state index in [9.17, 15) is 8.42 Å². The summed E-state index contributed by atoms with van der Waals surface area (Å²) in [5.41, 5.74) is 0. The molecule has 0 bridgehead atoms. The Kier molecular flexibility index (Phi) is 7.77. The van der Waals surface area contributed by atoms with Crippen molar-refractivity contribution in [2.24, 2.45) is 10.9 Å². The van der Waals surface area contributed by atoms with E-state index < -0.39 is 10.0 Å². The molecular weight excluding hydrogens is 326 g/mol. The summed E-state index contributed by atoms with van der Waals surface area (Å²) in [6.07, 6.45) is 5.97. The molecule has 0 aromatic rings. The molecule has 1 atom stereocenters. The Hall–Kier alpha value is -0.860. The van der Waals surface area contributed by atoms with Crippen LogP contribution < -0.4 is 15.4 Å². The summed E-state index contributed by atoms with van der Waals surface area (Å²) in [5, 5.41) is 6.41. The van der Waals surface area contributed by atoms with E-state index in [0.29, 0.717) is 31.0 Å². The standard InChI is InChI=1S/C16H33N5O2S/c1-3-21-10-5-8-15(21)13-19-16(17-2)18-9-11-24(22,23)20-12-14-6-4-7-14/h14-15,20H,3-13H2,1-2H3,(H2,17,18,19). The monoisotopic (exact) mass is 359 g/mol. The van der Waals surface area contributed by atoms with Gasteiger partial charge in [0.2, 0.25) is 10.0 Å². The molecule has 1 saturated heterocycles. The van der Waals surface area contributed by atoms with Gasteiger partial charge in [-0.2, -0.15) is 0 Å². The minimum Gasteiger partial charge on any atom is -0.355 e. The van der Waals surface area contributed by atoms with Crippen molar-refractivity contribution in [3.63, 3.8) is 0 Å². The van der Waals surface area contributed by atoms with Crippen LogP contribution in [-0.4, -0.2) is 70.8 Å². The molecule has 1 aliphatic heterocycles. The summed E-state index contributed by atoms with van der Waals surface area (Å²) in [5.74, 6) is 1.28. The minimum absolute atomic E-state index is 0.0743. The first kappa shape index (κ1) is 19.5. The molecule has 8 heteroatoms. The fourth-order valence-corrected chi connectivity index (χ4v) is 4.30. The molecule has 2 aliphatic rings. The maximum absolute atomic E-state index is 12.0. The second kappa shape index (κ2) is 9.58. The highest BCUT2D eigenvalue weighted by Gasteiger charge is 2.23. The molecule has 0 aromatic carbocycles. The van der Waals surface area contributed by atoms with Gasteiger partial charge >= 0.3 is 0 Å². The molecular formula is C16H33N5O2S. The molecule has 0 aromatic heterocycles. The molecule has 2 rings (SSSR count). The van der Waals surface area contributed by atoms with Gasteiger partial charge in [0.15, 0.2) is 5.96 Å². The van der Waals surface area contributed by atoms with Gasteiger partial charge in [-0.1, -0.05) is 13.3 Å². The van der Waals surface area contributed by atoms with Crippen LogP contribution in [0, 0.1) is 5.92 Å². The van der Waals surface area contributed by atoms with Gasteiger partial charge in [0.05, 0.1) is 5.75 Å². The quantitative estimate of drug-likeness (QED) is 0.409. The number of nitrogens with zero attached hydrogens (tertiary/aromatic N) is 2. The molecule has 24 heavy (non-hydrogen) atoms. The van der Waals surface area contributed by atoms with E-state index in [2.05, 4.69) is 32.2 Å². The van der Waals surface area contributed by atoms with Crippen LogP contribution in [0.2, 0.25) is 0 Å². The molecule has 1 saturated carbocycles. The molecule has 3 N–H and O–H groups in total. The van der Waals surface area contributed by atoms with Gasteiger partial charge in [-0.05, 0) is 44.7 Å². The van der Waals surface area contributed by atoms with Gasteiger partial charge in [-0.15, -0.1) is 0 Å². The number of sulfonamides is 1. The third kappa shape index (κ3) is 6.22. The van der Waals surface area contributed by atoms with E-state index in [1.54, 1.807) is 7.05 Å². The first-order valence-corrected chi connectivity index (χ1v) is 10.8. The van der Waals surface area contributed by atoms with E-state index in [0.717, 1.165) is 25.9 Å². The lowest BCUT2D eigenvalue weighted by Crippen LogP contribution is -2.46. The third-order valence-corrected chi connectivity index (χ3v) is 6.46. The Balaban J connectivity index is 1.63. The summed E-state index contributed by atoms with van der Waals surface area (Å²) in [7, 11) is -1.49. The van der Waals surface area contributed by atoms with E-state index >= 15 is 0 Å². The van der Waals surface area contributed by atoms with Crippen molar-refractivity contribution in [2.75, 3.05) is 45.5 Å². The van der Waals surface area contributed by atoms with E-state index in [4.69, 9.17) is 0 Å². The summed E-state index contributed by atoms with van der Waals surface area (Å²) in [4.78, 5) is 6.64. The number of likely N-dealkylation sites (N-methyl/N-ethyl adjacent to an activating group) is 1. The van der Waals surface area contributed by atoms with Gasteiger partial charge in [0.1, 0.15) is 0 Å². The summed E-state index contributed by atoms with van der Waals surface area (Å²) >= 11 is 0. The fraction of sp³-hybridized carbons (Fsp3) is 0.938. The molecule has 1 aliphatic carbocycles.